The van der Waals surface area contributed by atoms with Crippen molar-refractivity contribution < 1.29 is 0 Å². The molecule has 2 N–H and O–H groups in total. The van der Waals surface area contributed by atoms with E-state index in [-0.39, 0.29) is 0 Å². The predicted molar refractivity (Wildman–Crippen MR) is 87.2 cm³/mol. The van der Waals surface area contributed by atoms with Gasteiger partial charge < -0.3 is 5.73 Å². The average Bonchev–Trinajstić information content (AvgIpc) is 2.98. The maximum Gasteiger partial charge on any atom is 0.1000 e. The summed E-state index contributed by atoms with van der Waals surface area (Å²) in [6.07, 6.45) is 6.53. The van der Waals surface area contributed by atoms with Crippen LogP contribution in [0.4, 0.5) is 0 Å². The SMILES string of the molecule is NCCc1cc2ccccc2nc1SCC1CCCC1. The summed E-state index contributed by atoms with van der Waals surface area (Å²) in [5.74, 6) is 2.10. The first-order chi connectivity index (χ1) is 9.86. The third-order valence-electron chi connectivity index (χ3n) is 4.11. The molecule has 0 atom stereocenters. The van der Waals surface area contributed by atoms with Gasteiger partial charge in [0.25, 0.3) is 0 Å². The number of thioether (sulfide) groups is 1. The Morgan fingerprint density at radius 2 is 2.00 bits per heavy atom. The molecule has 2 aromatic rings. The number of nitrogens with zero attached hydrogens (tertiary/aromatic N) is 1. The summed E-state index contributed by atoms with van der Waals surface area (Å²) in [5.41, 5.74) is 8.17. The molecule has 0 radical (unpaired) electrons. The fraction of sp³-hybridized carbons (Fsp3) is 0.471. The maximum absolute atomic E-state index is 5.75. The monoisotopic (exact) mass is 286 g/mol. The second-order valence-electron chi connectivity index (χ2n) is 5.65. The van der Waals surface area contributed by atoms with E-state index in [9.17, 15) is 0 Å². The number of hydrogen-bond donors (Lipinski definition) is 1. The van der Waals surface area contributed by atoms with Gasteiger partial charge in [-0.15, -0.1) is 11.8 Å². The zero-order chi connectivity index (χ0) is 13.8. The third-order valence-corrected chi connectivity index (χ3v) is 5.37. The predicted octanol–water partition coefficient (Wildman–Crippen LogP) is 4.02. The van der Waals surface area contributed by atoms with Crippen molar-refractivity contribution in [1.29, 1.82) is 0 Å². The van der Waals surface area contributed by atoms with Crippen LogP contribution in [0.25, 0.3) is 10.9 Å². The Balaban J connectivity index is 1.84. The van der Waals surface area contributed by atoms with Crippen LogP contribution in [0.15, 0.2) is 35.4 Å². The van der Waals surface area contributed by atoms with Crippen LogP contribution in [0.3, 0.4) is 0 Å². The van der Waals surface area contributed by atoms with E-state index in [4.69, 9.17) is 10.7 Å². The highest BCUT2D eigenvalue weighted by Gasteiger charge is 2.16. The van der Waals surface area contributed by atoms with Crippen molar-refractivity contribution in [1.82, 2.24) is 4.98 Å². The first-order valence-electron chi connectivity index (χ1n) is 7.58. The molecule has 0 spiro atoms. The lowest BCUT2D eigenvalue weighted by Gasteiger charge is -2.12. The van der Waals surface area contributed by atoms with Crippen LogP contribution in [0.2, 0.25) is 0 Å². The molecule has 1 heterocycles. The maximum atomic E-state index is 5.75. The van der Waals surface area contributed by atoms with Gasteiger partial charge in [0.05, 0.1) is 10.5 Å². The molecule has 0 saturated heterocycles. The highest BCUT2D eigenvalue weighted by Crippen LogP contribution is 2.32. The van der Waals surface area contributed by atoms with Crippen molar-refractivity contribution in [2.24, 2.45) is 11.7 Å². The molecule has 1 aromatic heterocycles. The normalized spacial score (nSPS) is 16.1. The third kappa shape index (κ3) is 3.15. The van der Waals surface area contributed by atoms with E-state index in [1.54, 1.807) is 0 Å². The molecule has 0 aliphatic heterocycles. The molecule has 1 aliphatic rings. The van der Waals surface area contributed by atoms with Crippen molar-refractivity contribution in [2.75, 3.05) is 12.3 Å². The molecule has 3 rings (SSSR count). The molecule has 0 amide bonds. The number of para-hydroxylation sites is 1. The minimum Gasteiger partial charge on any atom is -0.330 e. The molecule has 1 saturated carbocycles. The summed E-state index contributed by atoms with van der Waals surface area (Å²) < 4.78 is 0. The first-order valence-corrected chi connectivity index (χ1v) is 8.57. The Morgan fingerprint density at radius 1 is 1.20 bits per heavy atom. The van der Waals surface area contributed by atoms with Gasteiger partial charge in [0.1, 0.15) is 0 Å². The summed E-state index contributed by atoms with van der Waals surface area (Å²) in [6.45, 7) is 0.691. The van der Waals surface area contributed by atoms with Crippen molar-refractivity contribution in [2.45, 2.75) is 37.1 Å². The quantitative estimate of drug-likeness (QED) is 0.844. The lowest BCUT2D eigenvalue weighted by molar-refractivity contribution is 0.622. The molecule has 0 bridgehead atoms. The van der Waals surface area contributed by atoms with E-state index >= 15 is 0 Å². The molecular formula is C17H22N2S. The van der Waals surface area contributed by atoms with E-state index in [1.807, 2.05) is 11.8 Å². The number of aromatic nitrogens is 1. The largest absolute Gasteiger partial charge is 0.330 e. The van der Waals surface area contributed by atoms with Crippen LogP contribution in [-0.4, -0.2) is 17.3 Å². The minimum atomic E-state index is 0.691. The summed E-state index contributed by atoms with van der Waals surface area (Å²) >= 11 is 1.93. The van der Waals surface area contributed by atoms with Crippen LogP contribution in [0, 0.1) is 5.92 Å². The van der Waals surface area contributed by atoms with Gasteiger partial charge in [-0.3, -0.25) is 0 Å². The molecule has 20 heavy (non-hydrogen) atoms. The second kappa shape index (κ2) is 6.59. The number of rotatable bonds is 5. The first kappa shape index (κ1) is 13.9. The zero-order valence-electron chi connectivity index (χ0n) is 11.8. The Labute approximate surface area is 125 Å². The van der Waals surface area contributed by atoms with E-state index in [0.29, 0.717) is 6.54 Å². The molecule has 1 aromatic carbocycles. The number of pyridine rings is 1. The van der Waals surface area contributed by atoms with Gasteiger partial charge in [-0.05, 0) is 49.4 Å². The summed E-state index contributed by atoms with van der Waals surface area (Å²) in [4.78, 5) is 4.86. The Bertz CT molecular complexity index is 576. The Kier molecular flexibility index (Phi) is 4.58. The highest BCUT2D eigenvalue weighted by molar-refractivity contribution is 7.99. The number of benzene rings is 1. The summed E-state index contributed by atoms with van der Waals surface area (Å²) in [6, 6.07) is 10.6. The van der Waals surface area contributed by atoms with Crippen molar-refractivity contribution >= 4 is 22.7 Å². The standard InChI is InChI=1S/C17H22N2S/c18-10-9-15-11-14-7-3-4-8-16(14)19-17(15)20-12-13-5-1-2-6-13/h3-4,7-8,11,13H,1-2,5-6,9-10,12,18H2. The lowest BCUT2D eigenvalue weighted by Crippen LogP contribution is -2.06. The molecule has 106 valence electrons. The van der Waals surface area contributed by atoms with Crippen LogP contribution >= 0.6 is 11.8 Å². The number of fused-ring (bicyclic) bond motifs is 1. The highest BCUT2D eigenvalue weighted by atomic mass is 32.2. The van der Waals surface area contributed by atoms with Gasteiger partial charge in [-0.25, -0.2) is 4.98 Å². The topological polar surface area (TPSA) is 38.9 Å². The van der Waals surface area contributed by atoms with Gasteiger partial charge in [-0.2, -0.15) is 0 Å². The molecule has 2 nitrogen and oxygen atoms in total. The fourth-order valence-electron chi connectivity index (χ4n) is 2.98. The Hall–Kier alpha value is -1.06. The van der Waals surface area contributed by atoms with Crippen molar-refractivity contribution in [3.05, 3.63) is 35.9 Å². The van der Waals surface area contributed by atoms with Gasteiger partial charge in [0.15, 0.2) is 0 Å². The van der Waals surface area contributed by atoms with Gasteiger partial charge in [0.2, 0.25) is 0 Å². The van der Waals surface area contributed by atoms with E-state index in [1.165, 1.54) is 47.4 Å². The fourth-order valence-corrected chi connectivity index (χ4v) is 4.21. The van der Waals surface area contributed by atoms with Gasteiger partial charge >= 0.3 is 0 Å². The van der Waals surface area contributed by atoms with Crippen LogP contribution in [-0.2, 0) is 6.42 Å². The Morgan fingerprint density at radius 3 is 2.80 bits per heavy atom. The van der Waals surface area contributed by atoms with E-state index in [2.05, 4.69) is 30.3 Å². The molecule has 3 heteroatoms. The summed E-state index contributed by atoms with van der Waals surface area (Å²) in [5, 5.41) is 2.42. The van der Waals surface area contributed by atoms with Crippen LogP contribution < -0.4 is 5.73 Å². The second-order valence-corrected chi connectivity index (χ2v) is 6.65. The van der Waals surface area contributed by atoms with E-state index in [0.717, 1.165) is 17.9 Å². The van der Waals surface area contributed by atoms with Crippen LogP contribution in [0.5, 0.6) is 0 Å². The van der Waals surface area contributed by atoms with Crippen molar-refractivity contribution in [3.8, 4) is 0 Å². The molecule has 1 fully saturated rings. The molecule has 0 unspecified atom stereocenters. The average molecular weight is 286 g/mol. The number of nitrogens with two attached hydrogens (primary N) is 1. The van der Waals surface area contributed by atoms with E-state index < -0.39 is 0 Å². The van der Waals surface area contributed by atoms with Crippen molar-refractivity contribution in [3.63, 3.8) is 0 Å². The smallest absolute Gasteiger partial charge is 0.1000 e. The number of hydrogen-bond acceptors (Lipinski definition) is 3. The minimum absolute atomic E-state index is 0.691. The van der Waals surface area contributed by atoms with Crippen LogP contribution in [0.1, 0.15) is 31.2 Å². The lowest BCUT2D eigenvalue weighted by atomic mass is 10.1. The molecular weight excluding hydrogens is 264 g/mol. The summed E-state index contributed by atoms with van der Waals surface area (Å²) in [7, 11) is 0. The molecule has 1 aliphatic carbocycles. The van der Waals surface area contributed by atoms with Gasteiger partial charge in [-0.1, -0.05) is 31.0 Å². The zero-order valence-corrected chi connectivity index (χ0v) is 12.7. The van der Waals surface area contributed by atoms with Gasteiger partial charge in [0, 0.05) is 11.1 Å².